The summed E-state index contributed by atoms with van der Waals surface area (Å²) in [4.78, 5) is 24.0. The molecule has 0 saturated heterocycles. The average Bonchev–Trinajstić information content (AvgIpc) is 2.91. The Morgan fingerprint density at radius 1 is 1.24 bits per heavy atom. The molecule has 0 aliphatic heterocycles. The van der Waals surface area contributed by atoms with Crippen LogP contribution in [0.2, 0.25) is 0 Å². The first-order valence-corrected chi connectivity index (χ1v) is 8.20. The largest absolute Gasteiger partial charge is 0.478 e. The summed E-state index contributed by atoms with van der Waals surface area (Å²) in [5.74, 6) is -0.871. The zero-order valence-electron chi connectivity index (χ0n) is 12.4. The Labute approximate surface area is 129 Å². The molecule has 0 saturated carbocycles. The number of carbonyl (C=O) groups is 2. The number of hydrogen-bond donors (Lipinski definition) is 2. The van der Waals surface area contributed by atoms with Gasteiger partial charge in [0.2, 0.25) is 5.91 Å². The topological polar surface area (TPSA) is 66.4 Å². The number of amides is 1. The van der Waals surface area contributed by atoms with Crippen LogP contribution in [0.4, 0.5) is 0 Å². The molecule has 0 radical (unpaired) electrons. The van der Waals surface area contributed by atoms with Gasteiger partial charge in [0.1, 0.15) is 0 Å². The Kier molecular flexibility index (Phi) is 8.43. The van der Waals surface area contributed by atoms with Crippen molar-refractivity contribution < 1.29 is 14.7 Å². The Hall–Kier alpha value is -1.62. The Morgan fingerprint density at radius 3 is 2.71 bits per heavy atom. The lowest BCUT2D eigenvalue weighted by atomic mass is 10.1. The number of carbonyl (C=O) groups excluding carboxylic acids is 1. The molecule has 0 aliphatic rings. The van der Waals surface area contributed by atoms with Gasteiger partial charge in [-0.25, -0.2) is 4.79 Å². The molecule has 116 valence electrons. The quantitative estimate of drug-likeness (QED) is 0.510. The van der Waals surface area contributed by atoms with Gasteiger partial charge in [0, 0.05) is 22.3 Å². The van der Waals surface area contributed by atoms with Crippen molar-refractivity contribution in [1.29, 1.82) is 0 Å². The Bertz CT molecular complexity index is 480. The first kappa shape index (κ1) is 17.4. The maximum absolute atomic E-state index is 11.7. The van der Waals surface area contributed by atoms with E-state index in [1.54, 1.807) is 6.08 Å². The van der Waals surface area contributed by atoms with Crippen LogP contribution >= 0.6 is 11.3 Å². The second-order valence-corrected chi connectivity index (χ2v) is 6.12. The molecule has 0 spiro atoms. The summed E-state index contributed by atoms with van der Waals surface area (Å²) >= 11 is 1.49. The predicted molar refractivity (Wildman–Crippen MR) is 86.2 cm³/mol. The minimum Gasteiger partial charge on any atom is -0.478 e. The number of carboxylic acids is 1. The minimum absolute atomic E-state index is 0.0857. The van der Waals surface area contributed by atoms with E-state index in [0.717, 1.165) is 28.7 Å². The van der Waals surface area contributed by atoms with Gasteiger partial charge in [0.25, 0.3) is 0 Å². The second-order valence-electron chi connectivity index (χ2n) is 4.92. The van der Waals surface area contributed by atoms with Crippen molar-refractivity contribution >= 4 is 29.3 Å². The van der Waals surface area contributed by atoms with Crippen molar-refractivity contribution in [3.63, 3.8) is 0 Å². The van der Waals surface area contributed by atoms with Crippen molar-refractivity contribution in [2.24, 2.45) is 0 Å². The van der Waals surface area contributed by atoms with Gasteiger partial charge in [-0.2, -0.15) is 0 Å². The van der Waals surface area contributed by atoms with Crippen LogP contribution in [0.25, 0.3) is 6.08 Å². The number of rotatable bonds is 10. The lowest BCUT2D eigenvalue weighted by Gasteiger charge is -2.03. The van der Waals surface area contributed by atoms with Gasteiger partial charge in [0.05, 0.1) is 6.54 Å². The molecule has 5 heteroatoms. The van der Waals surface area contributed by atoms with Crippen LogP contribution in [0.1, 0.15) is 55.2 Å². The molecule has 0 atom stereocenters. The van der Waals surface area contributed by atoms with E-state index in [1.807, 2.05) is 12.1 Å². The van der Waals surface area contributed by atoms with Crippen LogP contribution in [-0.4, -0.2) is 17.0 Å². The molecule has 21 heavy (non-hydrogen) atoms. The summed E-state index contributed by atoms with van der Waals surface area (Å²) < 4.78 is 0. The lowest BCUT2D eigenvalue weighted by molar-refractivity contribution is -0.131. The molecule has 1 rings (SSSR count). The zero-order valence-corrected chi connectivity index (χ0v) is 13.2. The summed E-state index contributed by atoms with van der Waals surface area (Å²) in [6, 6.07) is 3.77. The number of unbranched alkanes of at least 4 members (excludes halogenated alkanes) is 4. The fourth-order valence-corrected chi connectivity index (χ4v) is 2.75. The van der Waals surface area contributed by atoms with E-state index in [-0.39, 0.29) is 5.91 Å². The lowest BCUT2D eigenvalue weighted by Crippen LogP contribution is -2.21. The molecular weight excluding hydrogens is 286 g/mol. The smallest absolute Gasteiger partial charge is 0.328 e. The number of thiophene rings is 1. The molecular formula is C16H23NO3S. The predicted octanol–water partition coefficient (Wildman–Crippen LogP) is 3.82. The van der Waals surface area contributed by atoms with E-state index in [9.17, 15) is 9.59 Å². The summed E-state index contributed by atoms with van der Waals surface area (Å²) in [6.45, 7) is 2.69. The minimum atomic E-state index is -0.957. The van der Waals surface area contributed by atoms with Crippen LogP contribution in [0.5, 0.6) is 0 Å². The van der Waals surface area contributed by atoms with Crippen molar-refractivity contribution in [3.05, 3.63) is 28.0 Å². The van der Waals surface area contributed by atoms with E-state index in [1.165, 1.54) is 30.6 Å². The Morgan fingerprint density at radius 2 is 2.00 bits per heavy atom. The molecule has 2 N–H and O–H groups in total. The highest BCUT2D eigenvalue weighted by Gasteiger charge is 2.03. The van der Waals surface area contributed by atoms with Crippen LogP contribution in [0.15, 0.2) is 18.2 Å². The van der Waals surface area contributed by atoms with Crippen LogP contribution in [0, 0.1) is 0 Å². The fraction of sp³-hybridized carbons (Fsp3) is 0.500. The van der Waals surface area contributed by atoms with Crippen molar-refractivity contribution in [2.45, 2.75) is 52.0 Å². The van der Waals surface area contributed by atoms with Gasteiger partial charge in [-0.05, 0) is 24.6 Å². The van der Waals surface area contributed by atoms with E-state index in [4.69, 9.17) is 5.11 Å². The molecule has 0 unspecified atom stereocenters. The maximum atomic E-state index is 11.7. The van der Waals surface area contributed by atoms with E-state index >= 15 is 0 Å². The first-order valence-electron chi connectivity index (χ1n) is 7.38. The normalized spacial score (nSPS) is 10.9. The van der Waals surface area contributed by atoms with Gasteiger partial charge in [-0.15, -0.1) is 11.3 Å². The summed E-state index contributed by atoms with van der Waals surface area (Å²) in [7, 11) is 0. The van der Waals surface area contributed by atoms with Crippen LogP contribution < -0.4 is 5.32 Å². The summed E-state index contributed by atoms with van der Waals surface area (Å²) in [6.07, 6.45) is 8.98. The summed E-state index contributed by atoms with van der Waals surface area (Å²) in [5.41, 5.74) is 0. The molecule has 1 heterocycles. The van der Waals surface area contributed by atoms with E-state index in [2.05, 4.69) is 12.2 Å². The standard InChI is InChI=1S/C16H23NO3S/c1-2-3-4-5-6-7-15(18)17-12-14-9-8-13(21-14)10-11-16(19)20/h8-11H,2-7,12H2,1H3,(H,17,18)(H,19,20). The zero-order chi connectivity index (χ0) is 15.5. The molecule has 1 amide bonds. The van der Waals surface area contributed by atoms with E-state index < -0.39 is 5.97 Å². The highest BCUT2D eigenvalue weighted by atomic mass is 32.1. The number of carboxylic acid groups (broad SMARTS) is 1. The van der Waals surface area contributed by atoms with Crippen LogP contribution in [0.3, 0.4) is 0 Å². The average molecular weight is 309 g/mol. The number of aliphatic carboxylic acids is 1. The van der Waals surface area contributed by atoms with Crippen LogP contribution in [-0.2, 0) is 16.1 Å². The molecule has 0 fully saturated rings. The Balaban J connectivity index is 2.22. The molecule has 1 aromatic rings. The number of hydrogen-bond acceptors (Lipinski definition) is 3. The van der Waals surface area contributed by atoms with Gasteiger partial charge < -0.3 is 10.4 Å². The van der Waals surface area contributed by atoms with Crippen molar-refractivity contribution in [1.82, 2.24) is 5.32 Å². The van der Waals surface area contributed by atoms with E-state index in [0.29, 0.717) is 13.0 Å². The third kappa shape index (κ3) is 8.30. The highest BCUT2D eigenvalue weighted by molar-refractivity contribution is 7.12. The molecule has 4 nitrogen and oxygen atoms in total. The molecule has 1 aromatic heterocycles. The monoisotopic (exact) mass is 309 g/mol. The maximum Gasteiger partial charge on any atom is 0.328 e. The third-order valence-electron chi connectivity index (χ3n) is 3.04. The molecule has 0 bridgehead atoms. The van der Waals surface area contributed by atoms with Crippen molar-refractivity contribution in [2.75, 3.05) is 0 Å². The molecule has 0 aliphatic carbocycles. The summed E-state index contributed by atoms with van der Waals surface area (Å²) in [5, 5.41) is 11.5. The van der Waals surface area contributed by atoms with Gasteiger partial charge in [0.15, 0.2) is 0 Å². The van der Waals surface area contributed by atoms with Gasteiger partial charge in [-0.3, -0.25) is 4.79 Å². The molecule has 0 aromatic carbocycles. The van der Waals surface area contributed by atoms with Gasteiger partial charge in [-0.1, -0.05) is 32.6 Å². The van der Waals surface area contributed by atoms with Gasteiger partial charge >= 0.3 is 5.97 Å². The second kappa shape index (κ2) is 10.2. The SMILES string of the molecule is CCCCCCCC(=O)NCc1ccc(C=CC(=O)O)s1. The van der Waals surface area contributed by atoms with Crippen molar-refractivity contribution in [3.8, 4) is 0 Å². The number of nitrogens with one attached hydrogen (secondary N) is 1. The third-order valence-corrected chi connectivity index (χ3v) is 4.09. The first-order chi connectivity index (χ1) is 10.1. The fourth-order valence-electron chi connectivity index (χ4n) is 1.90. The highest BCUT2D eigenvalue weighted by Crippen LogP contribution is 2.17.